The van der Waals surface area contributed by atoms with Gasteiger partial charge in [0.15, 0.2) is 0 Å². The fourth-order valence-electron chi connectivity index (χ4n) is 4.06. The summed E-state index contributed by atoms with van der Waals surface area (Å²) >= 11 is 3.49. The first kappa shape index (κ1) is 15.9. The van der Waals surface area contributed by atoms with Gasteiger partial charge in [0.05, 0.1) is 17.1 Å². The zero-order chi connectivity index (χ0) is 17.1. The summed E-state index contributed by atoms with van der Waals surface area (Å²) in [5, 5.41) is 0. The molecule has 2 fully saturated rings. The van der Waals surface area contributed by atoms with E-state index >= 15 is 0 Å². The summed E-state index contributed by atoms with van der Waals surface area (Å²) in [5.41, 5.74) is 1.44. The number of piperidine rings is 1. The Hall–Kier alpha value is -1.56. The zero-order valence-electron chi connectivity index (χ0n) is 14.2. The van der Waals surface area contributed by atoms with Crippen molar-refractivity contribution in [1.82, 2.24) is 14.9 Å². The molecule has 1 saturated heterocycles. The summed E-state index contributed by atoms with van der Waals surface area (Å²) < 4.78 is 6.67. The highest BCUT2D eigenvalue weighted by Gasteiger charge is 2.51. The van der Waals surface area contributed by atoms with E-state index in [4.69, 9.17) is 9.72 Å². The first-order valence-corrected chi connectivity index (χ1v) is 9.27. The Kier molecular flexibility index (Phi) is 3.64. The average molecular weight is 392 g/mol. The molecule has 1 aliphatic heterocycles. The van der Waals surface area contributed by atoms with Crippen LogP contribution in [0.2, 0.25) is 0 Å². The number of benzene rings is 1. The monoisotopic (exact) mass is 391 g/mol. The lowest BCUT2D eigenvalue weighted by molar-refractivity contribution is 0.00623. The number of aromatic amines is 1. The second kappa shape index (κ2) is 5.48. The number of nitrogens with one attached hydrogen (secondary N) is 1. The third-order valence-corrected chi connectivity index (χ3v) is 5.43. The summed E-state index contributed by atoms with van der Waals surface area (Å²) in [4.78, 5) is 22.9. The summed E-state index contributed by atoms with van der Waals surface area (Å²) in [7, 11) is 0. The van der Waals surface area contributed by atoms with Crippen LogP contribution in [-0.2, 0) is 4.74 Å². The van der Waals surface area contributed by atoms with Crippen LogP contribution in [0.1, 0.15) is 51.9 Å². The number of carbonyl (C=O) groups excluding carboxylic acids is 1. The van der Waals surface area contributed by atoms with Gasteiger partial charge in [0, 0.05) is 10.5 Å². The van der Waals surface area contributed by atoms with Crippen molar-refractivity contribution in [3.05, 3.63) is 28.5 Å². The van der Waals surface area contributed by atoms with Gasteiger partial charge in [0.2, 0.25) is 0 Å². The molecule has 1 aliphatic carbocycles. The van der Waals surface area contributed by atoms with Crippen molar-refractivity contribution in [2.24, 2.45) is 5.92 Å². The lowest BCUT2D eigenvalue weighted by atomic mass is 9.98. The molecule has 2 aromatic rings. The van der Waals surface area contributed by atoms with Crippen molar-refractivity contribution in [3.63, 3.8) is 0 Å². The topological polar surface area (TPSA) is 58.2 Å². The number of hydrogen-bond donors (Lipinski definition) is 1. The van der Waals surface area contributed by atoms with Gasteiger partial charge in [0.25, 0.3) is 0 Å². The van der Waals surface area contributed by atoms with E-state index in [2.05, 4.69) is 20.9 Å². The van der Waals surface area contributed by atoms with E-state index in [0.29, 0.717) is 5.92 Å². The Balaban J connectivity index is 1.69. The molecule has 3 atom stereocenters. The second-order valence-corrected chi connectivity index (χ2v) is 8.76. The van der Waals surface area contributed by atoms with E-state index in [-0.39, 0.29) is 18.2 Å². The first-order chi connectivity index (χ1) is 11.3. The van der Waals surface area contributed by atoms with Crippen LogP contribution in [0.25, 0.3) is 11.0 Å². The number of ether oxygens (including phenoxy) is 1. The molecule has 5 nitrogen and oxygen atoms in total. The minimum Gasteiger partial charge on any atom is -0.444 e. The Morgan fingerprint density at radius 2 is 2.17 bits per heavy atom. The molecule has 2 heterocycles. The number of H-pyrrole nitrogens is 1. The highest BCUT2D eigenvalue weighted by Crippen LogP contribution is 2.50. The van der Waals surface area contributed by atoms with Crippen LogP contribution in [0, 0.1) is 5.92 Å². The van der Waals surface area contributed by atoms with E-state index < -0.39 is 5.60 Å². The Morgan fingerprint density at radius 1 is 1.38 bits per heavy atom. The van der Waals surface area contributed by atoms with Crippen molar-refractivity contribution in [2.75, 3.05) is 0 Å². The van der Waals surface area contributed by atoms with Crippen molar-refractivity contribution < 1.29 is 9.53 Å². The van der Waals surface area contributed by atoms with Gasteiger partial charge in [-0.1, -0.05) is 15.9 Å². The molecule has 2 bridgehead atoms. The lowest BCUT2D eigenvalue weighted by Crippen LogP contribution is -2.43. The van der Waals surface area contributed by atoms with Gasteiger partial charge in [-0.3, -0.25) is 4.90 Å². The fraction of sp³-hybridized carbons (Fsp3) is 0.556. The number of halogens is 1. The third-order valence-electron chi connectivity index (χ3n) is 4.93. The van der Waals surface area contributed by atoms with Crippen LogP contribution in [0.5, 0.6) is 0 Å². The van der Waals surface area contributed by atoms with Gasteiger partial charge in [0.1, 0.15) is 11.4 Å². The maximum Gasteiger partial charge on any atom is 0.411 e. The third kappa shape index (κ3) is 2.70. The summed E-state index contributed by atoms with van der Waals surface area (Å²) in [6.07, 6.45) is 3.04. The van der Waals surface area contributed by atoms with Gasteiger partial charge >= 0.3 is 6.09 Å². The quantitative estimate of drug-likeness (QED) is 0.760. The molecule has 1 N–H and O–H groups in total. The van der Waals surface area contributed by atoms with Gasteiger partial charge in [-0.05, 0) is 64.2 Å². The number of imidazole rings is 1. The van der Waals surface area contributed by atoms with Crippen LogP contribution >= 0.6 is 15.9 Å². The van der Waals surface area contributed by atoms with Crippen molar-refractivity contribution in [3.8, 4) is 0 Å². The molecule has 6 heteroatoms. The number of carbonyl (C=O) groups is 1. The molecule has 1 amide bonds. The van der Waals surface area contributed by atoms with Crippen LogP contribution in [0.4, 0.5) is 4.79 Å². The van der Waals surface area contributed by atoms with Crippen molar-refractivity contribution >= 4 is 33.1 Å². The number of rotatable bonds is 1. The molecule has 0 spiro atoms. The van der Waals surface area contributed by atoms with Gasteiger partial charge in [-0.2, -0.15) is 0 Å². The average Bonchev–Trinajstić information content (AvgIpc) is 3.17. The van der Waals surface area contributed by atoms with Crippen LogP contribution in [-0.4, -0.2) is 32.6 Å². The number of fused-ring (bicyclic) bond motifs is 3. The normalized spacial score (nSPS) is 26.3. The number of nitrogens with zero attached hydrogens (tertiary/aromatic N) is 2. The van der Waals surface area contributed by atoms with Crippen molar-refractivity contribution in [1.29, 1.82) is 0 Å². The minimum atomic E-state index is -0.484. The predicted octanol–water partition coefficient (Wildman–Crippen LogP) is 4.79. The smallest absolute Gasteiger partial charge is 0.411 e. The first-order valence-electron chi connectivity index (χ1n) is 8.48. The minimum absolute atomic E-state index is 0.00947. The molecule has 1 aromatic heterocycles. The zero-order valence-corrected chi connectivity index (χ0v) is 15.8. The SMILES string of the molecule is CC(C)(C)OC(=O)N1C(c2nc3ccc(Br)cc3[nH]2)C2CC[C@H]1C2. The maximum atomic E-state index is 12.8. The predicted molar refractivity (Wildman–Crippen MR) is 95.7 cm³/mol. The second-order valence-electron chi connectivity index (χ2n) is 7.84. The molecule has 1 saturated carbocycles. The van der Waals surface area contributed by atoms with E-state index in [0.717, 1.165) is 40.6 Å². The summed E-state index contributed by atoms with van der Waals surface area (Å²) in [6, 6.07) is 6.26. The summed E-state index contributed by atoms with van der Waals surface area (Å²) in [6.45, 7) is 5.73. The van der Waals surface area contributed by atoms with E-state index in [1.807, 2.05) is 43.9 Å². The molecule has 1 aromatic carbocycles. The standard InChI is InChI=1S/C18H22BrN3O2/c1-18(2,3)24-17(23)22-12-6-4-10(8-12)15(22)16-20-13-7-5-11(19)9-14(13)21-16/h5,7,9-10,12,15H,4,6,8H2,1-3H3,(H,20,21)/t10?,12-,15?/m0/s1. The van der Waals surface area contributed by atoms with Crippen LogP contribution in [0.3, 0.4) is 0 Å². The lowest BCUT2D eigenvalue weighted by Gasteiger charge is -2.35. The molecule has 24 heavy (non-hydrogen) atoms. The molecule has 0 radical (unpaired) electrons. The molecule has 2 aliphatic rings. The molecule has 128 valence electrons. The number of likely N-dealkylation sites (tertiary alicyclic amines) is 1. The maximum absolute atomic E-state index is 12.8. The Labute approximate surface area is 149 Å². The van der Waals surface area contributed by atoms with Crippen molar-refractivity contribution in [2.45, 2.75) is 57.7 Å². The largest absolute Gasteiger partial charge is 0.444 e. The summed E-state index contributed by atoms with van der Waals surface area (Å²) in [5.74, 6) is 1.34. The molecule has 4 rings (SSSR count). The highest BCUT2D eigenvalue weighted by molar-refractivity contribution is 9.10. The molecule has 2 unspecified atom stereocenters. The van der Waals surface area contributed by atoms with E-state index in [9.17, 15) is 4.79 Å². The Morgan fingerprint density at radius 3 is 2.92 bits per heavy atom. The van der Waals surface area contributed by atoms with Gasteiger partial charge in [-0.25, -0.2) is 9.78 Å². The van der Waals surface area contributed by atoms with E-state index in [1.165, 1.54) is 0 Å². The van der Waals surface area contributed by atoms with Gasteiger partial charge in [-0.15, -0.1) is 0 Å². The number of amides is 1. The van der Waals surface area contributed by atoms with E-state index in [1.54, 1.807) is 0 Å². The fourth-order valence-corrected chi connectivity index (χ4v) is 4.42. The molecular weight excluding hydrogens is 370 g/mol. The van der Waals surface area contributed by atoms with Crippen LogP contribution < -0.4 is 0 Å². The highest BCUT2D eigenvalue weighted by atomic mass is 79.9. The molecular formula is C18H22BrN3O2. The van der Waals surface area contributed by atoms with Gasteiger partial charge < -0.3 is 9.72 Å². The Bertz CT molecular complexity index is 795. The number of hydrogen-bond acceptors (Lipinski definition) is 3. The number of aromatic nitrogens is 2. The van der Waals surface area contributed by atoms with Crippen LogP contribution in [0.15, 0.2) is 22.7 Å².